The van der Waals surface area contributed by atoms with E-state index in [0.29, 0.717) is 6.04 Å². The summed E-state index contributed by atoms with van der Waals surface area (Å²) >= 11 is 0. The van der Waals surface area contributed by atoms with E-state index in [2.05, 4.69) is 52.7 Å². The molecule has 1 aliphatic rings. The molecule has 3 nitrogen and oxygen atoms in total. The molecule has 1 fully saturated rings. The zero-order valence-electron chi connectivity index (χ0n) is 13.2. The molecule has 0 spiro atoms. The standard InChI is InChI=1S/C19H24N2O/c1-22-19-10-6-5-9-17(19)13-18-15-21(12-11-20-18)14-16-7-3-2-4-8-16/h2-10,18,20H,11-15H2,1H3/t18-/m1/s1. The SMILES string of the molecule is COc1ccccc1C[C@@H]1CN(Cc2ccccc2)CCN1. The van der Waals surface area contributed by atoms with Gasteiger partial charge in [0.2, 0.25) is 0 Å². The third kappa shape index (κ3) is 3.87. The number of piperazine rings is 1. The molecule has 0 bridgehead atoms. The highest BCUT2D eigenvalue weighted by Gasteiger charge is 2.20. The van der Waals surface area contributed by atoms with Crippen LogP contribution < -0.4 is 10.1 Å². The number of ether oxygens (including phenoxy) is 1. The topological polar surface area (TPSA) is 24.5 Å². The highest BCUT2D eigenvalue weighted by Crippen LogP contribution is 2.20. The summed E-state index contributed by atoms with van der Waals surface area (Å²) in [5, 5.41) is 3.64. The smallest absolute Gasteiger partial charge is 0.122 e. The van der Waals surface area contributed by atoms with Crippen molar-refractivity contribution in [3.05, 3.63) is 65.7 Å². The molecule has 0 radical (unpaired) electrons. The van der Waals surface area contributed by atoms with Crippen LogP contribution in [0.4, 0.5) is 0 Å². The van der Waals surface area contributed by atoms with Crippen LogP contribution in [0.5, 0.6) is 5.75 Å². The first kappa shape index (κ1) is 15.1. The second-order valence-electron chi connectivity index (χ2n) is 5.89. The van der Waals surface area contributed by atoms with Crippen LogP contribution in [0.25, 0.3) is 0 Å². The van der Waals surface area contributed by atoms with E-state index in [-0.39, 0.29) is 0 Å². The van der Waals surface area contributed by atoms with E-state index in [1.54, 1.807) is 7.11 Å². The summed E-state index contributed by atoms with van der Waals surface area (Å²) in [4.78, 5) is 2.53. The van der Waals surface area contributed by atoms with Gasteiger partial charge in [0.15, 0.2) is 0 Å². The van der Waals surface area contributed by atoms with Crippen LogP contribution in [0.2, 0.25) is 0 Å². The summed E-state index contributed by atoms with van der Waals surface area (Å²) < 4.78 is 5.47. The van der Waals surface area contributed by atoms with Gasteiger partial charge in [0.1, 0.15) is 5.75 Å². The number of benzene rings is 2. The third-order valence-electron chi connectivity index (χ3n) is 4.25. The Balaban J connectivity index is 1.61. The molecule has 1 saturated heterocycles. The summed E-state index contributed by atoms with van der Waals surface area (Å²) in [6.45, 7) is 4.27. The summed E-state index contributed by atoms with van der Waals surface area (Å²) in [6.07, 6.45) is 1.01. The molecule has 22 heavy (non-hydrogen) atoms. The van der Waals surface area contributed by atoms with E-state index in [1.165, 1.54) is 11.1 Å². The predicted octanol–water partition coefficient (Wildman–Crippen LogP) is 2.71. The van der Waals surface area contributed by atoms with Crippen LogP contribution in [0.1, 0.15) is 11.1 Å². The van der Waals surface area contributed by atoms with Crippen molar-refractivity contribution in [2.45, 2.75) is 19.0 Å². The van der Waals surface area contributed by atoms with E-state index in [4.69, 9.17) is 4.74 Å². The maximum Gasteiger partial charge on any atom is 0.122 e. The minimum Gasteiger partial charge on any atom is -0.496 e. The quantitative estimate of drug-likeness (QED) is 0.918. The van der Waals surface area contributed by atoms with Gasteiger partial charge in [-0.25, -0.2) is 0 Å². The van der Waals surface area contributed by atoms with Crippen LogP contribution >= 0.6 is 0 Å². The Morgan fingerprint density at radius 3 is 2.68 bits per heavy atom. The number of methoxy groups -OCH3 is 1. The first-order valence-electron chi connectivity index (χ1n) is 7.96. The lowest BCUT2D eigenvalue weighted by molar-refractivity contribution is 0.191. The van der Waals surface area contributed by atoms with Gasteiger partial charge in [-0.3, -0.25) is 4.90 Å². The molecule has 3 heteroatoms. The van der Waals surface area contributed by atoms with Crippen LogP contribution in [-0.2, 0) is 13.0 Å². The van der Waals surface area contributed by atoms with Crippen molar-refractivity contribution in [1.29, 1.82) is 0 Å². The Morgan fingerprint density at radius 1 is 1.09 bits per heavy atom. The lowest BCUT2D eigenvalue weighted by Crippen LogP contribution is -2.51. The van der Waals surface area contributed by atoms with Gasteiger partial charge in [-0.05, 0) is 23.6 Å². The maximum atomic E-state index is 5.47. The molecule has 2 aromatic carbocycles. The summed E-state index contributed by atoms with van der Waals surface area (Å²) in [5.41, 5.74) is 2.67. The molecule has 1 aliphatic heterocycles. The molecular weight excluding hydrogens is 272 g/mol. The molecule has 0 aromatic heterocycles. The first-order valence-corrected chi connectivity index (χ1v) is 7.96. The summed E-state index contributed by atoms with van der Waals surface area (Å²) in [5.74, 6) is 0.990. The third-order valence-corrected chi connectivity index (χ3v) is 4.25. The van der Waals surface area contributed by atoms with Gasteiger partial charge in [0.05, 0.1) is 7.11 Å². The summed E-state index contributed by atoms with van der Waals surface area (Å²) in [7, 11) is 1.74. The molecule has 1 heterocycles. The van der Waals surface area contributed by atoms with E-state index in [1.807, 2.05) is 12.1 Å². The molecule has 1 N–H and O–H groups in total. The molecule has 2 aromatic rings. The van der Waals surface area contributed by atoms with E-state index in [0.717, 1.165) is 38.3 Å². The van der Waals surface area contributed by atoms with Crippen LogP contribution in [-0.4, -0.2) is 37.7 Å². The Morgan fingerprint density at radius 2 is 1.86 bits per heavy atom. The molecule has 0 amide bonds. The van der Waals surface area contributed by atoms with Crippen molar-refractivity contribution < 1.29 is 4.74 Å². The van der Waals surface area contributed by atoms with Gasteiger partial charge >= 0.3 is 0 Å². The summed E-state index contributed by atoms with van der Waals surface area (Å²) in [6, 6.07) is 19.5. The van der Waals surface area contributed by atoms with Gasteiger partial charge in [-0.1, -0.05) is 48.5 Å². The second kappa shape index (κ2) is 7.43. The lowest BCUT2D eigenvalue weighted by atomic mass is 10.0. The number of para-hydroxylation sites is 1. The van der Waals surface area contributed by atoms with Crippen molar-refractivity contribution in [1.82, 2.24) is 10.2 Å². The van der Waals surface area contributed by atoms with E-state index in [9.17, 15) is 0 Å². The Hall–Kier alpha value is -1.84. The maximum absolute atomic E-state index is 5.47. The molecule has 1 atom stereocenters. The van der Waals surface area contributed by atoms with Crippen LogP contribution in [0.3, 0.4) is 0 Å². The number of hydrogen-bond donors (Lipinski definition) is 1. The monoisotopic (exact) mass is 296 g/mol. The number of nitrogens with one attached hydrogen (secondary N) is 1. The molecule has 0 unspecified atom stereocenters. The van der Waals surface area contributed by atoms with Crippen molar-refractivity contribution in [2.24, 2.45) is 0 Å². The molecule has 116 valence electrons. The molecule has 0 aliphatic carbocycles. The molecule has 0 saturated carbocycles. The van der Waals surface area contributed by atoms with Crippen LogP contribution in [0.15, 0.2) is 54.6 Å². The molecular formula is C19H24N2O. The predicted molar refractivity (Wildman–Crippen MR) is 90.2 cm³/mol. The average molecular weight is 296 g/mol. The minimum atomic E-state index is 0.480. The van der Waals surface area contributed by atoms with Gasteiger partial charge in [-0.2, -0.15) is 0 Å². The fourth-order valence-electron chi connectivity index (χ4n) is 3.15. The Bertz CT molecular complexity index is 585. The van der Waals surface area contributed by atoms with Gasteiger partial charge in [0.25, 0.3) is 0 Å². The number of nitrogens with zero attached hydrogens (tertiary/aromatic N) is 1. The Labute approximate surface area is 132 Å². The van der Waals surface area contributed by atoms with Gasteiger partial charge in [-0.15, -0.1) is 0 Å². The van der Waals surface area contributed by atoms with Crippen molar-refractivity contribution >= 4 is 0 Å². The zero-order chi connectivity index (χ0) is 15.2. The minimum absolute atomic E-state index is 0.480. The van der Waals surface area contributed by atoms with Crippen molar-refractivity contribution in [3.8, 4) is 5.75 Å². The zero-order valence-corrected chi connectivity index (χ0v) is 13.2. The highest BCUT2D eigenvalue weighted by molar-refractivity contribution is 5.34. The number of rotatable bonds is 5. The van der Waals surface area contributed by atoms with Gasteiger partial charge < -0.3 is 10.1 Å². The first-order chi connectivity index (χ1) is 10.8. The van der Waals surface area contributed by atoms with Crippen molar-refractivity contribution in [2.75, 3.05) is 26.7 Å². The average Bonchev–Trinajstić information content (AvgIpc) is 2.57. The normalized spacial score (nSPS) is 19.0. The fourth-order valence-corrected chi connectivity index (χ4v) is 3.15. The Kier molecular flexibility index (Phi) is 5.09. The largest absolute Gasteiger partial charge is 0.496 e. The van der Waals surface area contributed by atoms with Gasteiger partial charge in [0, 0.05) is 32.2 Å². The molecule has 3 rings (SSSR count). The van der Waals surface area contributed by atoms with E-state index >= 15 is 0 Å². The number of hydrogen-bond acceptors (Lipinski definition) is 3. The van der Waals surface area contributed by atoms with Crippen molar-refractivity contribution in [3.63, 3.8) is 0 Å². The van der Waals surface area contributed by atoms with Crippen LogP contribution in [0, 0.1) is 0 Å². The fraction of sp³-hybridized carbons (Fsp3) is 0.368. The lowest BCUT2D eigenvalue weighted by Gasteiger charge is -2.34. The highest BCUT2D eigenvalue weighted by atomic mass is 16.5. The second-order valence-corrected chi connectivity index (χ2v) is 5.89. The van der Waals surface area contributed by atoms with E-state index < -0.39 is 0 Å².